The lowest BCUT2D eigenvalue weighted by molar-refractivity contribution is 1.10. The molecule has 0 atom stereocenters. The second-order valence-electron chi connectivity index (χ2n) is 2.38. The molecule has 0 aliphatic carbocycles. The van der Waals surface area contributed by atoms with Crippen LogP contribution in [0.3, 0.4) is 0 Å². The number of hydrogen-bond acceptors (Lipinski definition) is 1. The zero-order valence-electron chi connectivity index (χ0n) is 6.00. The zero-order chi connectivity index (χ0) is 7.84. The molecule has 0 spiro atoms. The molecule has 3 heteroatoms. The Morgan fingerprint density at radius 1 is 1.55 bits per heavy atom. The van der Waals surface area contributed by atoms with E-state index >= 15 is 0 Å². The third kappa shape index (κ3) is 1.05. The van der Waals surface area contributed by atoms with Gasteiger partial charge in [-0.1, -0.05) is 0 Å². The van der Waals surface area contributed by atoms with E-state index < -0.39 is 0 Å². The highest BCUT2D eigenvalue weighted by Crippen LogP contribution is 2.12. The van der Waals surface area contributed by atoms with Crippen LogP contribution < -0.4 is 0 Å². The van der Waals surface area contributed by atoms with Crippen molar-refractivity contribution in [3.63, 3.8) is 0 Å². The Hall–Kier alpha value is -0.830. The van der Waals surface area contributed by atoms with Crippen LogP contribution in [-0.2, 0) is 0 Å². The second kappa shape index (κ2) is 2.34. The van der Waals surface area contributed by atoms with Gasteiger partial charge in [0, 0.05) is 16.4 Å². The maximum absolute atomic E-state index is 4.08. The van der Waals surface area contributed by atoms with E-state index in [-0.39, 0.29) is 0 Å². The van der Waals surface area contributed by atoms with Crippen LogP contribution in [0.25, 0.3) is 5.65 Å². The van der Waals surface area contributed by atoms with Gasteiger partial charge in [-0.15, -0.1) is 0 Å². The average molecular weight is 210 g/mol. The summed E-state index contributed by atoms with van der Waals surface area (Å²) in [7, 11) is 0. The summed E-state index contributed by atoms with van der Waals surface area (Å²) in [6.07, 6.45) is 4.88. The zero-order valence-corrected chi connectivity index (χ0v) is 7.59. The summed E-state index contributed by atoms with van der Waals surface area (Å²) in [4.78, 5) is 4.08. The highest BCUT2D eigenvalue weighted by Gasteiger charge is 1.97. The fourth-order valence-electron chi connectivity index (χ4n) is 1.02. The maximum atomic E-state index is 4.08. The maximum Gasteiger partial charge on any atom is 0.137 e. The van der Waals surface area contributed by atoms with Crippen LogP contribution in [0, 0.1) is 13.1 Å². The molecular weight excluding hydrogens is 204 g/mol. The van der Waals surface area contributed by atoms with E-state index in [0.717, 1.165) is 15.8 Å². The van der Waals surface area contributed by atoms with Crippen molar-refractivity contribution in [1.29, 1.82) is 0 Å². The normalized spacial score (nSPS) is 10.7. The highest BCUT2D eigenvalue weighted by molar-refractivity contribution is 9.10. The molecular formula is C8H6BrN2. The fraction of sp³-hybridized carbons (Fsp3) is 0.125. The molecule has 2 nitrogen and oxygen atoms in total. The van der Waals surface area contributed by atoms with Crippen LogP contribution >= 0.6 is 15.9 Å². The number of rotatable bonds is 0. The van der Waals surface area contributed by atoms with Gasteiger partial charge in [-0.05, 0) is 35.0 Å². The van der Waals surface area contributed by atoms with Crippen molar-refractivity contribution >= 4 is 21.6 Å². The number of hydrogen-bond donors (Lipinski definition) is 0. The number of halogens is 1. The Bertz CT molecular complexity index is 392. The molecule has 2 heterocycles. The summed E-state index contributed by atoms with van der Waals surface area (Å²) in [5, 5.41) is 0. The predicted molar refractivity (Wildman–Crippen MR) is 46.5 cm³/mol. The molecule has 0 aromatic carbocycles. The van der Waals surface area contributed by atoms with Gasteiger partial charge in [0.2, 0.25) is 0 Å². The van der Waals surface area contributed by atoms with Gasteiger partial charge in [-0.2, -0.15) is 0 Å². The molecule has 0 saturated heterocycles. The topological polar surface area (TPSA) is 17.3 Å². The van der Waals surface area contributed by atoms with Gasteiger partial charge in [-0.3, -0.25) is 0 Å². The molecule has 1 radical (unpaired) electrons. The number of aryl methyl sites for hydroxylation is 1. The molecule has 0 N–H and O–H groups in total. The van der Waals surface area contributed by atoms with Crippen molar-refractivity contribution in [3.05, 3.63) is 34.7 Å². The van der Waals surface area contributed by atoms with Gasteiger partial charge in [0.15, 0.2) is 0 Å². The Labute approximate surface area is 73.0 Å². The Morgan fingerprint density at radius 3 is 3.18 bits per heavy atom. The average Bonchev–Trinajstić information content (AvgIpc) is 2.33. The van der Waals surface area contributed by atoms with Crippen molar-refractivity contribution in [3.8, 4) is 0 Å². The molecule has 11 heavy (non-hydrogen) atoms. The van der Waals surface area contributed by atoms with Crippen molar-refractivity contribution in [2.24, 2.45) is 0 Å². The minimum atomic E-state index is 0.936. The van der Waals surface area contributed by atoms with Crippen molar-refractivity contribution in [2.75, 3.05) is 0 Å². The van der Waals surface area contributed by atoms with Crippen LogP contribution in [0.4, 0.5) is 0 Å². The smallest absolute Gasteiger partial charge is 0.137 e. The van der Waals surface area contributed by atoms with E-state index in [1.165, 1.54) is 0 Å². The van der Waals surface area contributed by atoms with E-state index in [2.05, 4.69) is 27.1 Å². The van der Waals surface area contributed by atoms with E-state index in [4.69, 9.17) is 0 Å². The van der Waals surface area contributed by atoms with Crippen LogP contribution in [-0.4, -0.2) is 9.38 Å². The fourth-order valence-corrected chi connectivity index (χ4v) is 1.36. The van der Waals surface area contributed by atoms with Gasteiger partial charge in [0.1, 0.15) is 11.8 Å². The van der Waals surface area contributed by atoms with Gasteiger partial charge in [0.05, 0.1) is 0 Å². The Morgan fingerprint density at radius 2 is 2.36 bits per heavy atom. The first kappa shape index (κ1) is 6.85. The summed E-state index contributed by atoms with van der Waals surface area (Å²) < 4.78 is 3.05. The predicted octanol–water partition coefficient (Wildman–Crippen LogP) is 2.21. The van der Waals surface area contributed by atoms with E-state index in [1.54, 1.807) is 0 Å². The molecule has 2 aromatic rings. The molecule has 0 fully saturated rings. The quantitative estimate of drug-likeness (QED) is 0.651. The highest BCUT2D eigenvalue weighted by atomic mass is 79.9. The van der Waals surface area contributed by atoms with Gasteiger partial charge >= 0.3 is 0 Å². The summed E-state index contributed by atoms with van der Waals surface area (Å²) in [5.41, 5.74) is 1.96. The third-order valence-corrected chi connectivity index (χ3v) is 2.05. The van der Waals surface area contributed by atoms with E-state index in [0.29, 0.717) is 0 Å². The van der Waals surface area contributed by atoms with Gasteiger partial charge in [-0.25, -0.2) is 4.98 Å². The third-order valence-electron chi connectivity index (χ3n) is 1.58. The molecule has 2 rings (SSSR count). The second-order valence-corrected chi connectivity index (χ2v) is 3.30. The minimum Gasteiger partial charge on any atom is -0.303 e. The Balaban J connectivity index is 2.87. The van der Waals surface area contributed by atoms with Crippen LogP contribution in [0.1, 0.15) is 5.69 Å². The largest absolute Gasteiger partial charge is 0.303 e. The minimum absolute atomic E-state index is 0.936. The van der Waals surface area contributed by atoms with Crippen LogP contribution in [0.15, 0.2) is 22.8 Å². The number of fused-ring (bicyclic) bond motifs is 1. The van der Waals surface area contributed by atoms with Crippen LogP contribution in [0.5, 0.6) is 0 Å². The molecule has 55 valence electrons. The first-order valence-electron chi connectivity index (χ1n) is 3.29. The number of pyridine rings is 1. The first-order valence-corrected chi connectivity index (χ1v) is 4.08. The van der Waals surface area contributed by atoms with E-state index in [1.807, 2.05) is 29.7 Å². The molecule has 0 unspecified atom stereocenters. The van der Waals surface area contributed by atoms with Crippen molar-refractivity contribution in [2.45, 2.75) is 6.92 Å². The van der Waals surface area contributed by atoms with Gasteiger partial charge in [0.25, 0.3) is 0 Å². The molecule has 2 aromatic heterocycles. The summed E-state index contributed by atoms with van der Waals surface area (Å²) >= 11 is 3.39. The lowest BCUT2D eigenvalue weighted by Gasteiger charge is -1.95. The number of aromatic nitrogens is 2. The first-order chi connectivity index (χ1) is 5.27. The van der Waals surface area contributed by atoms with E-state index in [9.17, 15) is 0 Å². The standard InChI is InChI=1S/C8H6BrN2/c1-6-4-10-8-3-2-7(9)5-11(6)8/h2-3,5H,1H3. The SMILES string of the molecule is Cc1[c]nc2ccc(Br)cn12. The molecule has 0 aliphatic rings. The lowest BCUT2D eigenvalue weighted by atomic mass is 10.4. The van der Waals surface area contributed by atoms with Crippen LogP contribution in [0.2, 0.25) is 0 Å². The van der Waals surface area contributed by atoms with Crippen molar-refractivity contribution in [1.82, 2.24) is 9.38 Å². The number of imidazole rings is 1. The lowest BCUT2D eigenvalue weighted by Crippen LogP contribution is -1.85. The molecule has 0 saturated carbocycles. The van der Waals surface area contributed by atoms with Crippen molar-refractivity contribution < 1.29 is 0 Å². The molecule has 0 amide bonds. The number of nitrogens with zero attached hydrogens (tertiary/aromatic N) is 2. The monoisotopic (exact) mass is 209 g/mol. The Kier molecular flexibility index (Phi) is 1.46. The summed E-state index contributed by atoms with van der Waals surface area (Å²) in [5.74, 6) is 0. The molecule has 0 aliphatic heterocycles. The van der Waals surface area contributed by atoms with Gasteiger partial charge < -0.3 is 4.40 Å². The molecule has 0 bridgehead atoms. The summed E-state index contributed by atoms with van der Waals surface area (Å²) in [6.45, 7) is 1.98. The summed E-state index contributed by atoms with van der Waals surface area (Å²) in [6, 6.07) is 3.92.